The highest BCUT2D eigenvalue weighted by Crippen LogP contribution is 2.51. The Morgan fingerprint density at radius 3 is 1.43 bits per heavy atom. The monoisotopic (exact) mass is 686 g/mol. The van der Waals surface area contributed by atoms with Crippen molar-refractivity contribution in [3.05, 3.63) is 203 Å². The molecule has 0 aromatic heterocycles. The average Bonchev–Trinajstić information content (AvgIpc) is 3.47. The fourth-order valence-corrected chi connectivity index (χ4v) is 8.59. The van der Waals surface area contributed by atoms with Gasteiger partial charge in [-0.3, -0.25) is 0 Å². The van der Waals surface area contributed by atoms with Crippen LogP contribution in [0.25, 0.3) is 11.1 Å². The van der Waals surface area contributed by atoms with Crippen molar-refractivity contribution in [2.24, 2.45) is 0 Å². The van der Waals surface area contributed by atoms with E-state index in [2.05, 4.69) is 187 Å². The smallest absolute Gasteiger partial charge is 0.0465 e. The van der Waals surface area contributed by atoms with Crippen LogP contribution in [0.15, 0.2) is 164 Å². The van der Waals surface area contributed by atoms with Crippen molar-refractivity contribution in [2.45, 2.75) is 58.3 Å². The molecule has 53 heavy (non-hydrogen) atoms. The molecule has 7 aromatic carbocycles. The molecule has 0 atom stereocenters. The summed E-state index contributed by atoms with van der Waals surface area (Å²) in [7, 11) is 0. The molecule has 0 unspecified atom stereocenters. The number of benzene rings is 7. The van der Waals surface area contributed by atoms with Gasteiger partial charge in [0.25, 0.3) is 0 Å². The maximum absolute atomic E-state index is 2.49. The second-order valence-corrected chi connectivity index (χ2v) is 15.0. The van der Waals surface area contributed by atoms with Crippen LogP contribution in [0.3, 0.4) is 0 Å². The molecule has 0 fully saturated rings. The van der Waals surface area contributed by atoms with E-state index in [0.717, 1.165) is 12.8 Å². The van der Waals surface area contributed by atoms with E-state index in [1.165, 1.54) is 98.8 Å². The molecule has 0 radical (unpaired) electrons. The lowest BCUT2D eigenvalue weighted by Gasteiger charge is -2.27. The van der Waals surface area contributed by atoms with Gasteiger partial charge < -0.3 is 9.80 Å². The minimum absolute atomic E-state index is 0.307. The molecule has 0 amide bonds. The van der Waals surface area contributed by atoms with Gasteiger partial charge in [-0.05, 0) is 169 Å². The summed E-state index contributed by atoms with van der Waals surface area (Å²) in [5.41, 5.74) is 19.8. The van der Waals surface area contributed by atoms with Crippen LogP contribution >= 0.6 is 0 Å². The molecule has 2 heteroatoms. The molecule has 0 saturated heterocycles. The third-order valence-electron chi connectivity index (χ3n) is 11.3. The van der Waals surface area contributed by atoms with E-state index in [9.17, 15) is 0 Å². The highest BCUT2D eigenvalue weighted by molar-refractivity contribution is 5.87. The Labute approximate surface area is 315 Å². The minimum Gasteiger partial charge on any atom is -0.310 e. The zero-order chi connectivity index (χ0) is 35.7. The minimum atomic E-state index is 0.307. The summed E-state index contributed by atoms with van der Waals surface area (Å²) in [6.07, 6.45) is 7.12. The van der Waals surface area contributed by atoms with Crippen LogP contribution in [0.4, 0.5) is 34.1 Å². The number of hydrogen-bond acceptors (Lipinski definition) is 2. The molecule has 0 N–H and O–H groups in total. The lowest BCUT2D eigenvalue weighted by Crippen LogP contribution is -2.11. The molecule has 0 aliphatic heterocycles. The second kappa shape index (κ2) is 14.3. The number of unbranched alkanes of at least 4 members (excludes halogenated alkanes) is 1. The first-order valence-corrected chi connectivity index (χ1v) is 19.3. The summed E-state index contributed by atoms with van der Waals surface area (Å²) in [6.45, 7) is 4.35. The zero-order valence-corrected chi connectivity index (χ0v) is 30.8. The third-order valence-corrected chi connectivity index (χ3v) is 11.3. The highest BCUT2D eigenvalue weighted by atomic mass is 15.1. The van der Waals surface area contributed by atoms with Crippen molar-refractivity contribution < 1.29 is 0 Å². The zero-order valence-electron chi connectivity index (χ0n) is 30.8. The van der Waals surface area contributed by atoms with Gasteiger partial charge in [0.15, 0.2) is 0 Å². The van der Waals surface area contributed by atoms with Crippen molar-refractivity contribution >= 4 is 34.1 Å². The first-order valence-electron chi connectivity index (χ1n) is 19.3. The van der Waals surface area contributed by atoms with Crippen LogP contribution in [0, 0.1) is 13.8 Å². The molecule has 260 valence electrons. The molecule has 0 bridgehead atoms. The summed E-state index contributed by atoms with van der Waals surface area (Å²) in [5, 5.41) is 0. The van der Waals surface area contributed by atoms with Gasteiger partial charge in [0.1, 0.15) is 0 Å². The molecular weight excluding hydrogens is 641 g/mol. The predicted octanol–water partition coefficient (Wildman–Crippen LogP) is 13.9. The van der Waals surface area contributed by atoms with Gasteiger partial charge in [0.05, 0.1) is 0 Å². The summed E-state index contributed by atoms with van der Waals surface area (Å²) in [4.78, 5) is 4.83. The van der Waals surface area contributed by atoms with Gasteiger partial charge in [-0.2, -0.15) is 0 Å². The normalized spacial score (nSPS) is 12.8. The molecule has 2 nitrogen and oxygen atoms in total. The Bertz CT molecular complexity index is 2250. The van der Waals surface area contributed by atoms with E-state index in [1.807, 2.05) is 0 Å². The Morgan fingerprint density at radius 1 is 0.434 bits per heavy atom. The van der Waals surface area contributed by atoms with Crippen molar-refractivity contribution in [3.63, 3.8) is 0 Å². The van der Waals surface area contributed by atoms with Crippen LogP contribution in [0.2, 0.25) is 0 Å². The van der Waals surface area contributed by atoms with Crippen molar-refractivity contribution in [3.8, 4) is 11.1 Å². The third kappa shape index (κ3) is 6.55. The van der Waals surface area contributed by atoms with E-state index in [-0.39, 0.29) is 0 Å². The van der Waals surface area contributed by atoms with Crippen LogP contribution in [-0.4, -0.2) is 0 Å². The SMILES string of the molecule is Cc1cccc(N(c2ccccc2)c2ccc3c(c2)C(CCCCc2ccc4c(c2)CC4)c2cc(N(c4ccccc4)c4cccc(C)c4)ccc2-3)c1. The first-order chi connectivity index (χ1) is 26.1. The van der Waals surface area contributed by atoms with Gasteiger partial charge in [0.2, 0.25) is 0 Å². The fourth-order valence-electron chi connectivity index (χ4n) is 8.59. The summed E-state index contributed by atoms with van der Waals surface area (Å²) >= 11 is 0. The maximum atomic E-state index is 2.49. The van der Waals surface area contributed by atoms with E-state index in [0.29, 0.717) is 5.92 Å². The number of aryl methyl sites for hydroxylation is 5. The lowest BCUT2D eigenvalue weighted by atomic mass is 9.86. The summed E-state index contributed by atoms with van der Waals surface area (Å²) < 4.78 is 0. The molecule has 2 aliphatic carbocycles. The first kappa shape index (κ1) is 33.0. The molecule has 0 saturated carbocycles. The Kier molecular flexibility index (Phi) is 8.89. The van der Waals surface area contributed by atoms with E-state index < -0.39 is 0 Å². The topological polar surface area (TPSA) is 6.48 Å². The molecule has 7 aromatic rings. The number of anilines is 6. The highest BCUT2D eigenvalue weighted by Gasteiger charge is 2.31. The van der Waals surface area contributed by atoms with Crippen LogP contribution in [-0.2, 0) is 19.3 Å². The van der Waals surface area contributed by atoms with Crippen molar-refractivity contribution in [1.82, 2.24) is 0 Å². The second-order valence-electron chi connectivity index (χ2n) is 15.0. The van der Waals surface area contributed by atoms with Crippen molar-refractivity contribution in [2.75, 3.05) is 9.80 Å². The summed E-state index contributed by atoms with van der Waals surface area (Å²) in [5.74, 6) is 0.307. The van der Waals surface area contributed by atoms with Crippen LogP contribution in [0.1, 0.15) is 64.1 Å². The number of para-hydroxylation sites is 2. The number of rotatable bonds is 11. The Hall–Kier alpha value is -5.86. The molecule has 2 aliphatic rings. The van der Waals surface area contributed by atoms with Gasteiger partial charge in [-0.15, -0.1) is 0 Å². The number of fused-ring (bicyclic) bond motifs is 4. The molecular formula is C51H46N2. The number of hydrogen-bond donors (Lipinski definition) is 0. The molecule has 0 spiro atoms. The largest absolute Gasteiger partial charge is 0.310 e. The van der Waals surface area contributed by atoms with E-state index in [4.69, 9.17) is 0 Å². The van der Waals surface area contributed by atoms with Crippen LogP contribution < -0.4 is 9.80 Å². The number of nitrogens with zero attached hydrogens (tertiary/aromatic N) is 2. The quantitative estimate of drug-likeness (QED) is 0.125. The summed E-state index contributed by atoms with van der Waals surface area (Å²) in [6, 6.07) is 60.9. The van der Waals surface area contributed by atoms with Gasteiger partial charge in [0, 0.05) is 40.0 Å². The van der Waals surface area contributed by atoms with Crippen molar-refractivity contribution in [1.29, 1.82) is 0 Å². The fraction of sp³-hybridized carbons (Fsp3) is 0.176. The lowest BCUT2D eigenvalue weighted by molar-refractivity contribution is 0.632. The van der Waals surface area contributed by atoms with Gasteiger partial charge >= 0.3 is 0 Å². The van der Waals surface area contributed by atoms with Gasteiger partial charge in [-0.25, -0.2) is 0 Å². The average molecular weight is 687 g/mol. The maximum Gasteiger partial charge on any atom is 0.0465 e. The van der Waals surface area contributed by atoms with Crippen LogP contribution in [0.5, 0.6) is 0 Å². The Balaban J connectivity index is 1.11. The van der Waals surface area contributed by atoms with Gasteiger partial charge in [-0.1, -0.05) is 97.4 Å². The predicted molar refractivity (Wildman–Crippen MR) is 224 cm³/mol. The standard InChI is InChI=1S/C51H46N2/c1-36-13-11-20-43(31-36)52(41-16-5-3-6-17-41)45-27-29-48-49-30-28-46(53(42-18-7-4-8-19-42)44-21-12-14-37(2)32-44)35-51(49)47(50(48)34-45)22-10-9-15-38-23-24-39-25-26-40(39)33-38/h3-8,11-14,16-21,23-24,27-35,47H,9-10,15,22,25-26H2,1-2H3. The molecule has 0 heterocycles. The van der Waals surface area contributed by atoms with E-state index in [1.54, 1.807) is 11.1 Å². The Morgan fingerprint density at radius 2 is 0.943 bits per heavy atom. The van der Waals surface area contributed by atoms with E-state index >= 15 is 0 Å². The molecule has 9 rings (SSSR count).